The minimum Gasteiger partial charge on any atom is -0.385 e. The first-order valence-corrected chi connectivity index (χ1v) is 3.15. The fourth-order valence-electron chi connectivity index (χ4n) is 0.232. The molecule has 0 spiro atoms. The first-order valence-electron chi connectivity index (χ1n) is 3.15. The summed E-state index contributed by atoms with van der Waals surface area (Å²) in [5.74, 6) is 1.23. The predicted molar refractivity (Wildman–Crippen MR) is 42.4 cm³/mol. The maximum Gasteiger partial charge on any atom is 0.136 e. The smallest absolute Gasteiger partial charge is 0.136 e. The Morgan fingerprint density at radius 1 is 1.20 bits per heavy atom. The molecule has 0 fully saturated rings. The van der Waals surface area contributed by atoms with Gasteiger partial charge in [0.1, 0.15) is 11.6 Å². The first-order chi connectivity index (χ1) is 4.54. The molecule has 10 heavy (non-hydrogen) atoms. The number of nitrogens with zero attached hydrogens (tertiary/aromatic N) is 1. The van der Waals surface area contributed by atoms with Crippen molar-refractivity contribution in [2.45, 2.75) is 27.7 Å². The third-order valence-corrected chi connectivity index (χ3v) is 1.03. The molecule has 0 aromatic heterocycles. The summed E-state index contributed by atoms with van der Waals surface area (Å²) >= 11 is 0. The van der Waals surface area contributed by atoms with E-state index < -0.39 is 0 Å². The molecular formula is C7H14N2O. The molecule has 0 unspecified atom stereocenters. The highest BCUT2D eigenvalue weighted by atomic mass is 16.6. The Balaban J connectivity index is 3.94. The van der Waals surface area contributed by atoms with Gasteiger partial charge in [-0.2, -0.15) is 0 Å². The van der Waals surface area contributed by atoms with Gasteiger partial charge in [0.05, 0.1) is 0 Å². The molecule has 0 rings (SSSR count). The lowest BCUT2D eigenvalue weighted by atomic mass is 10.3. The molecule has 2 N–H and O–H groups in total. The summed E-state index contributed by atoms with van der Waals surface area (Å²) in [4.78, 5) is 4.91. The van der Waals surface area contributed by atoms with Crippen LogP contribution in [0.3, 0.4) is 0 Å². The molecule has 0 aliphatic carbocycles. The molecule has 0 bridgehead atoms. The summed E-state index contributed by atoms with van der Waals surface area (Å²) in [7, 11) is 0. The minimum absolute atomic E-state index is 0.431. The van der Waals surface area contributed by atoms with Crippen LogP contribution >= 0.6 is 0 Å². The van der Waals surface area contributed by atoms with Crippen molar-refractivity contribution in [2.75, 3.05) is 0 Å². The zero-order valence-electron chi connectivity index (χ0n) is 6.93. The van der Waals surface area contributed by atoms with Crippen LogP contribution in [0.25, 0.3) is 0 Å². The summed E-state index contributed by atoms with van der Waals surface area (Å²) in [5.41, 5.74) is 6.35. The zero-order chi connectivity index (χ0) is 8.15. The van der Waals surface area contributed by atoms with E-state index in [1.54, 1.807) is 6.92 Å². The van der Waals surface area contributed by atoms with Crippen LogP contribution in [-0.2, 0) is 4.84 Å². The second kappa shape index (κ2) is 3.93. The van der Waals surface area contributed by atoms with Crippen LogP contribution in [0, 0.1) is 0 Å². The monoisotopic (exact) mass is 142 g/mol. The Labute approximate surface area is 61.5 Å². The van der Waals surface area contributed by atoms with Gasteiger partial charge in [-0.25, -0.2) is 0 Å². The summed E-state index contributed by atoms with van der Waals surface area (Å²) < 4.78 is 0. The van der Waals surface area contributed by atoms with Gasteiger partial charge in [0.15, 0.2) is 0 Å². The van der Waals surface area contributed by atoms with E-state index >= 15 is 0 Å². The Morgan fingerprint density at radius 2 is 1.70 bits per heavy atom. The highest BCUT2D eigenvalue weighted by Gasteiger charge is 1.90. The maximum absolute atomic E-state index is 5.24. The van der Waals surface area contributed by atoms with E-state index in [9.17, 15) is 0 Å². The number of hydrogen-bond acceptors (Lipinski definition) is 2. The molecule has 0 aromatic rings. The van der Waals surface area contributed by atoms with E-state index in [-0.39, 0.29) is 0 Å². The highest BCUT2D eigenvalue weighted by molar-refractivity contribution is 5.76. The molecule has 0 heterocycles. The Bertz CT molecular complexity index is 162. The van der Waals surface area contributed by atoms with Crippen molar-refractivity contribution in [2.24, 2.45) is 10.9 Å². The van der Waals surface area contributed by atoms with Crippen molar-refractivity contribution in [3.8, 4) is 0 Å². The molecular weight excluding hydrogens is 128 g/mol. The summed E-state index contributed by atoms with van der Waals surface area (Å²) in [6.07, 6.45) is 0. The van der Waals surface area contributed by atoms with Gasteiger partial charge in [0.25, 0.3) is 0 Å². The minimum atomic E-state index is 0.431. The van der Waals surface area contributed by atoms with Crippen molar-refractivity contribution in [1.29, 1.82) is 0 Å². The summed E-state index contributed by atoms with van der Waals surface area (Å²) in [5, 5.41) is 3.58. The second-order valence-corrected chi connectivity index (χ2v) is 2.38. The van der Waals surface area contributed by atoms with Gasteiger partial charge in [-0.15, -0.1) is 0 Å². The molecule has 0 saturated heterocycles. The van der Waals surface area contributed by atoms with Crippen LogP contribution < -0.4 is 5.73 Å². The topological polar surface area (TPSA) is 47.6 Å². The summed E-state index contributed by atoms with van der Waals surface area (Å²) in [6, 6.07) is 0. The quantitative estimate of drug-likeness (QED) is 0.275. The maximum atomic E-state index is 5.24. The van der Waals surface area contributed by atoms with Crippen molar-refractivity contribution in [1.82, 2.24) is 0 Å². The van der Waals surface area contributed by atoms with Gasteiger partial charge in [-0.1, -0.05) is 5.16 Å². The van der Waals surface area contributed by atoms with E-state index in [0.717, 1.165) is 11.3 Å². The number of rotatable bonds is 2. The molecule has 0 aliphatic rings. The lowest BCUT2D eigenvalue weighted by Crippen LogP contribution is -2.05. The Kier molecular flexibility index (Phi) is 3.54. The van der Waals surface area contributed by atoms with E-state index in [1.165, 1.54) is 0 Å². The zero-order valence-corrected chi connectivity index (χ0v) is 6.93. The second-order valence-electron chi connectivity index (χ2n) is 2.38. The molecule has 0 atom stereocenters. The van der Waals surface area contributed by atoms with E-state index in [0.29, 0.717) is 5.84 Å². The van der Waals surface area contributed by atoms with Gasteiger partial charge in [0, 0.05) is 0 Å². The van der Waals surface area contributed by atoms with Crippen LogP contribution in [-0.4, -0.2) is 5.84 Å². The van der Waals surface area contributed by atoms with E-state index in [4.69, 9.17) is 10.6 Å². The molecule has 0 saturated carbocycles. The molecule has 0 amide bonds. The van der Waals surface area contributed by atoms with Crippen LogP contribution in [0.15, 0.2) is 16.5 Å². The fraction of sp³-hybridized carbons (Fsp3) is 0.571. The van der Waals surface area contributed by atoms with Crippen molar-refractivity contribution in [3.63, 3.8) is 0 Å². The Morgan fingerprint density at radius 3 is 2.00 bits per heavy atom. The van der Waals surface area contributed by atoms with Crippen LogP contribution in [0.2, 0.25) is 0 Å². The van der Waals surface area contributed by atoms with Gasteiger partial charge in [0.2, 0.25) is 0 Å². The molecule has 0 aromatic carbocycles. The molecule has 3 heteroatoms. The standard InChI is InChI=1S/C7H14N2O/c1-5(2)6(3)10-9-7(4)8/h1-4H3,(H2,8,9). The third kappa shape index (κ3) is 3.95. The Hall–Kier alpha value is -0.990. The number of allylic oxidation sites excluding steroid dienone is 2. The average Bonchev–Trinajstić information content (AvgIpc) is 1.82. The predicted octanol–water partition coefficient (Wildman–Crippen LogP) is 1.61. The van der Waals surface area contributed by atoms with Gasteiger partial charge >= 0.3 is 0 Å². The lowest BCUT2D eigenvalue weighted by Gasteiger charge is -1.99. The molecule has 3 nitrogen and oxygen atoms in total. The van der Waals surface area contributed by atoms with Crippen molar-refractivity contribution < 1.29 is 4.84 Å². The summed E-state index contributed by atoms with van der Waals surface area (Å²) in [6.45, 7) is 7.44. The molecule has 0 aliphatic heterocycles. The van der Waals surface area contributed by atoms with Gasteiger partial charge < -0.3 is 10.6 Å². The lowest BCUT2D eigenvalue weighted by molar-refractivity contribution is 0.225. The van der Waals surface area contributed by atoms with E-state index in [2.05, 4.69) is 5.16 Å². The fourth-order valence-corrected chi connectivity index (χ4v) is 0.232. The van der Waals surface area contributed by atoms with Crippen LogP contribution in [0.1, 0.15) is 27.7 Å². The van der Waals surface area contributed by atoms with E-state index in [1.807, 2.05) is 20.8 Å². The van der Waals surface area contributed by atoms with Crippen molar-refractivity contribution >= 4 is 5.84 Å². The van der Waals surface area contributed by atoms with Crippen LogP contribution in [0.4, 0.5) is 0 Å². The number of amidine groups is 1. The van der Waals surface area contributed by atoms with Gasteiger partial charge in [-0.05, 0) is 33.3 Å². The third-order valence-electron chi connectivity index (χ3n) is 1.03. The normalized spacial score (nSPS) is 11.0. The largest absolute Gasteiger partial charge is 0.385 e. The first kappa shape index (κ1) is 9.01. The SMILES string of the molecule is CC(C)=C(C)O/N=C(\C)N. The number of oxime groups is 1. The number of hydrogen-bond donors (Lipinski definition) is 1. The number of nitrogens with two attached hydrogens (primary N) is 1. The molecule has 0 radical (unpaired) electrons. The van der Waals surface area contributed by atoms with Crippen molar-refractivity contribution in [3.05, 3.63) is 11.3 Å². The molecule has 58 valence electrons. The average molecular weight is 142 g/mol. The van der Waals surface area contributed by atoms with Gasteiger partial charge in [-0.3, -0.25) is 0 Å². The van der Waals surface area contributed by atoms with Crippen LogP contribution in [0.5, 0.6) is 0 Å². The highest BCUT2D eigenvalue weighted by Crippen LogP contribution is 2.02.